The fourth-order valence-corrected chi connectivity index (χ4v) is 4.26. The Labute approximate surface area is 239 Å². The molecule has 0 bridgehead atoms. The molecule has 2 heterocycles. The van der Waals surface area contributed by atoms with Gasteiger partial charge in [0.1, 0.15) is 23.0 Å². The van der Waals surface area contributed by atoms with Gasteiger partial charge in [0.25, 0.3) is 5.88 Å². The maximum Gasteiger partial charge on any atom is 0.327 e. The highest BCUT2D eigenvalue weighted by Gasteiger charge is 2.21. The number of aryl methyl sites for hydroxylation is 3. The molecule has 0 atom stereocenters. The summed E-state index contributed by atoms with van der Waals surface area (Å²) in [5.74, 6) is 1.94. The van der Waals surface area contributed by atoms with Crippen molar-refractivity contribution < 1.29 is 23.7 Å². The Morgan fingerprint density at radius 1 is 1.02 bits per heavy atom. The molecule has 2 aromatic heterocycles. The number of ether oxygens (including phenoxy) is 4. The summed E-state index contributed by atoms with van der Waals surface area (Å²) < 4.78 is 25.2. The minimum Gasteiger partial charge on any atom is -0.493 e. The molecule has 4 rings (SSSR count). The molecule has 3 N–H and O–H groups in total. The first kappa shape index (κ1) is 29.3. The first-order valence-electron chi connectivity index (χ1n) is 13.5. The number of imidazole rings is 1. The predicted molar refractivity (Wildman–Crippen MR) is 155 cm³/mol. The second kappa shape index (κ2) is 12.2. The highest BCUT2D eigenvalue weighted by atomic mass is 16.6. The van der Waals surface area contributed by atoms with Crippen LogP contribution in [0.3, 0.4) is 0 Å². The van der Waals surface area contributed by atoms with Crippen LogP contribution in [0.2, 0.25) is 0 Å². The zero-order valence-electron chi connectivity index (χ0n) is 24.3. The van der Waals surface area contributed by atoms with Crippen molar-refractivity contribution in [2.75, 3.05) is 7.11 Å². The summed E-state index contributed by atoms with van der Waals surface area (Å²) in [4.78, 5) is 26.2. The maximum absolute atomic E-state index is 12.2. The molecular weight excluding hydrogens is 524 g/mol. The lowest BCUT2D eigenvalue weighted by molar-refractivity contribution is -0.154. The Bertz CT molecular complexity index is 1570. The Hall–Kier alpha value is -4.67. The molecule has 0 radical (unpaired) electrons. The van der Waals surface area contributed by atoms with Crippen LogP contribution >= 0.6 is 0 Å². The summed E-state index contributed by atoms with van der Waals surface area (Å²) in [7, 11) is 1.52. The van der Waals surface area contributed by atoms with E-state index < -0.39 is 5.60 Å². The molecule has 0 amide bonds. The normalized spacial score (nSPS) is 11.4. The Balaban J connectivity index is 1.69. The van der Waals surface area contributed by atoms with Crippen molar-refractivity contribution >= 4 is 23.0 Å². The highest BCUT2D eigenvalue weighted by Crippen LogP contribution is 2.35. The van der Waals surface area contributed by atoms with Gasteiger partial charge in [0.15, 0.2) is 22.7 Å². The number of esters is 1. The lowest BCUT2D eigenvalue weighted by atomic mass is 10.1. The van der Waals surface area contributed by atoms with Crippen LogP contribution in [-0.4, -0.2) is 44.0 Å². The lowest BCUT2D eigenvalue weighted by Gasteiger charge is -2.19. The second-order valence-electron chi connectivity index (χ2n) is 10.3. The van der Waals surface area contributed by atoms with Gasteiger partial charge in [-0.3, -0.25) is 10.2 Å². The van der Waals surface area contributed by atoms with E-state index in [2.05, 4.69) is 9.97 Å². The number of fused-ring (bicyclic) bond motifs is 1. The van der Waals surface area contributed by atoms with E-state index in [4.69, 9.17) is 35.1 Å². The molecule has 0 aliphatic rings. The summed E-state index contributed by atoms with van der Waals surface area (Å²) >= 11 is 0. The summed E-state index contributed by atoms with van der Waals surface area (Å²) in [6, 6.07) is 12.4. The first-order valence-corrected chi connectivity index (χ1v) is 13.5. The molecule has 0 unspecified atom stereocenters. The van der Waals surface area contributed by atoms with E-state index in [1.165, 1.54) is 7.11 Å². The van der Waals surface area contributed by atoms with Gasteiger partial charge >= 0.3 is 12.0 Å². The average Bonchev–Trinajstić information content (AvgIpc) is 3.29. The smallest absolute Gasteiger partial charge is 0.327 e. The topological polar surface area (TPSA) is 147 Å². The third kappa shape index (κ3) is 7.10. The van der Waals surface area contributed by atoms with E-state index in [-0.39, 0.29) is 30.1 Å². The van der Waals surface area contributed by atoms with Crippen molar-refractivity contribution in [3.8, 4) is 29.1 Å². The fraction of sp³-hybridized carbons (Fsp3) is 0.367. The number of amidine groups is 1. The molecule has 0 fully saturated rings. The Kier molecular flexibility index (Phi) is 8.75. The lowest BCUT2D eigenvalue weighted by Crippen LogP contribution is -2.24. The van der Waals surface area contributed by atoms with Gasteiger partial charge < -0.3 is 29.2 Å². The van der Waals surface area contributed by atoms with E-state index in [9.17, 15) is 4.79 Å². The number of methoxy groups -OCH3 is 1. The molecule has 2 aromatic carbocycles. The molecule has 4 aromatic rings. The number of hydrogen-bond donors (Lipinski definition) is 2. The zero-order chi connectivity index (χ0) is 29.7. The number of nitrogen functional groups attached to an aromatic ring is 1. The summed E-state index contributed by atoms with van der Waals surface area (Å²) in [5, 5.41) is 7.79. The molecule has 41 heavy (non-hydrogen) atoms. The molecule has 11 nitrogen and oxygen atoms in total. The number of benzene rings is 2. The molecule has 0 aliphatic heterocycles. The minimum absolute atomic E-state index is 0.0184. The number of nitrogens with one attached hydrogen (secondary N) is 1. The molecule has 216 valence electrons. The van der Waals surface area contributed by atoms with E-state index in [0.717, 1.165) is 11.4 Å². The molecule has 0 saturated heterocycles. The molecule has 0 saturated carbocycles. The standard InChI is InChI=1S/C30H36N6O5/c1-7-23-33-25-27(36(23)8-2)34-29(40-22-17-19(26(31)32)13-14-21(22)38-6)35-28(25)39-20-11-9-10-18(16-20)12-15-24(37)41-30(3,4)5/h9-11,13-14,16-17H,7-8,12,15H2,1-6H3,(H3,31,32). The fourth-order valence-electron chi connectivity index (χ4n) is 4.26. The van der Waals surface area contributed by atoms with Crippen molar-refractivity contribution in [1.29, 1.82) is 5.41 Å². The molecule has 11 heteroatoms. The van der Waals surface area contributed by atoms with Crippen LogP contribution in [-0.2, 0) is 28.9 Å². The van der Waals surface area contributed by atoms with Gasteiger partial charge in [0, 0.05) is 24.9 Å². The van der Waals surface area contributed by atoms with Crippen LogP contribution in [0, 0.1) is 5.41 Å². The van der Waals surface area contributed by atoms with Crippen LogP contribution in [0.1, 0.15) is 58.0 Å². The van der Waals surface area contributed by atoms with E-state index in [0.29, 0.717) is 53.4 Å². The van der Waals surface area contributed by atoms with Gasteiger partial charge in [-0.1, -0.05) is 19.1 Å². The quantitative estimate of drug-likeness (QED) is 0.137. The van der Waals surface area contributed by atoms with Crippen LogP contribution in [0.4, 0.5) is 0 Å². The predicted octanol–water partition coefficient (Wildman–Crippen LogP) is 5.56. The zero-order valence-corrected chi connectivity index (χ0v) is 24.3. The number of rotatable bonds is 11. The van der Waals surface area contributed by atoms with Gasteiger partial charge in [-0.05, 0) is 70.0 Å². The van der Waals surface area contributed by atoms with Gasteiger partial charge in [-0.25, -0.2) is 4.98 Å². The summed E-state index contributed by atoms with van der Waals surface area (Å²) in [6.07, 6.45) is 1.43. The number of carbonyl (C=O) groups is 1. The number of hydrogen-bond acceptors (Lipinski definition) is 9. The highest BCUT2D eigenvalue weighted by molar-refractivity contribution is 5.95. The third-order valence-corrected chi connectivity index (χ3v) is 6.08. The third-order valence-electron chi connectivity index (χ3n) is 6.08. The van der Waals surface area contributed by atoms with Gasteiger partial charge in [-0.2, -0.15) is 9.97 Å². The van der Waals surface area contributed by atoms with Crippen molar-refractivity contribution in [2.45, 2.75) is 66.0 Å². The van der Waals surface area contributed by atoms with E-state index in [1.54, 1.807) is 18.2 Å². The molecule has 0 aliphatic carbocycles. The van der Waals surface area contributed by atoms with Crippen molar-refractivity contribution in [2.24, 2.45) is 5.73 Å². The maximum atomic E-state index is 12.2. The SMILES string of the molecule is CCc1nc2c(Oc3cccc(CCC(=O)OC(C)(C)C)c3)nc(Oc3cc(C(=N)N)ccc3OC)nc2n1CC. The molecule has 0 spiro atoms. The van der Waals surface area contributed by atoms with Crippen molar-refractivity contribution in [1.82, 2.24) is 19.5 Å². The van der Waals surface area contributed by atoms with Gasteiger partial charge in [-0.15, -0.1) is 0 Å². The van der Waals surface area contributed by atoms with Crippen molar-refractivity contribution in [3.63, 3.8) is 0 Å². The summed E-state index contributed by atoms with van der Waals surface area (Å²) in [6.45, 7) is 10.2. The Morgan fingerprint density at radius 3 is 2.46 bits per heavy atom. The number of nitrogens with two attached hydrogens (primary N) is 1. The number of carbonyl (C=O) groups excluding carboxylic acids is 1. The number of aromatic nitrogens is 4. The summed E-state index contributed by atoms with van der Waals surface area (Å²) in [5.41, 5.74) is 7.59. The van der Waals surface area contributed by atoms with Crippen LogP contribution < -0.4 is 19.9 Å². The molecular formula is C30H36N6O5. The number of nitrogens with zero attached hydrogens (tertiary/aromatic N) is 4. The van der Waals surface area contributed by atoms with Crippen molar-refractivity contribution in [3.05, 3.63) is 59.4 Å². The second-order valence-corrected chi connectivity index (χ2v) is 10.3. The Morgan fingerprint density at radius 2 is 1.80 bits per heavy atom. The largest absolute Gasteiger partial charge is 0.493 e. The minimum atomic E-state index is -0.531. The van der Waals surface area contributed by atoms with E-state index in [1.807, 2.05) is 63.5 Å². The van der Waals surface area contributed by atoms with Gasteiger partial charge in [0.2, 0.25) is 0 Å². The monoisotopic (exact) mass is 560 g/mol. The van der Waals surface area contributed by atoms with Crippen LogP contribution in [0.25, 0.3) is 11.2 Å². The van der Waals surface area contributed by atoms with E-state index >= 15 is 0 Å². The average molecular weight is 561 g/mol. The first-order chi connectivity index (χ1) is 19.5. The van der Waals surface area contributed by atoms with Gasteiger partial charge in [0.05, 0.1) is 7.11 Å². The van der Waals surface area contributed by atoms with Crippen LogP contribution in [0.5, 0.6) is 29.1 Å². The van der Waals surface area contributed by atoms with Crippen LogP contribution in [0.15, 0.2) is 42.5 Å².